The van der Waals surface area contributed by atoms with Gasteiger partial charge < -0.3 is 19.5 Å². The van der Waals surface area contributed by atoms with Crippen LogP contribution in [-0.2, 0) is 4.79 Å². The molecule has 2 aliphatic heterocycles. The molecule has 6 nitrogen and oxygen atoms in total. The normalized spacial score (nSPS) is 23.7. The Labute approximate surface area is 140 Å². The minimum absolute atomic E-state index is 0.163. The van der Waals surface area contributed by atoms with Crippen LogP contribution in [0.5, 0.6) is 5.75 Å². The van der Waals surface area contributed by atoms with Crippen molar-refractivity contribution in [3.63, 3.8) is 0 Å². The molecule has 2 aliphatic rings. The predicted octanol–water partition coefficient (Wildman–Crippen LogP) is 1.66. The SMILES string of the molecule is COc1ccc2c(C(=O)C(=O)N3C4CCC3CN(C)C4)c[nH]c2c1. The number of amides is 1. The number of carbonyl (C=O) groups excluding carboxylic acids is 2. The van der Waals surface area contributed by atoms with E-state index < -0.39 is 5.78 Å². The summed E-state index contributed by atoms with van der Waals surface area (Å²) in [5.74, 6) is -0.0769. The van der Waals surface area contributed by atoms with Gasteiger partial charge in [-0.3, -0.25) is 9.59 Å². The average molecular weight is 327 g/mol. The fraction of sp³-hybridized carbons (Fsp3) is 0.444. The molecular formula is C18H21N3O3. The summed E-state index contributed by atoms with van der Waals surface area (Å²) in [4.78, 5) is 32.8. The highest BCUT2D eigenvalue weighted by Gasteiger charge is 2.43. The van der Waals surface area contributed by atoms with E-state index in [9.17, 15) is 9.59 Å². The molecular weight excluding hydrogens is 306 g/mol. The third-order valence-corrected chi connectivity index (χ3v) is 5.23. The Kier molecular flexibility index (Phi) is 3.57. The van der Waals surface area contributed by atoms with Gasteiger partial charge in [0, 0.05) is 48.3 Å². The highest BCUT2D eigenvalue weighted by atomic mass is 16.5. The number of Topliss-reactive ketones (excluding diaryl/α,β-unsaturated/α-hetero) is 1. The summed E-state index contributed by atoms with van der Waals surface area (Å²) in [6, 6.07) is 5.78. The van der Waals surface area contributed by atoms with Crippen molar-refractivity contribution in [3.8, 4) is 5.75 Å². The number of aromatic amines is 1. The summed E-state index contributed by atoms with van der Waals surface area (Å²) < 4.78 is 5.20. The summed E-state index contributed by atoms with van der Waals surface area (Å²) in [5, 5.41) is 0.760. The third kappa shape index (κ3) is 2.29. The van der Waals surface area contributed by atoms with E-state index >= 15 is 0 Å². The molecule has 2 fully saturated rings. The molecule has 126 valence electrons. The molecule has 1 aromatic heterocycles. The fourth-order valence-corrected chi connectivity index (χ4v) is 4.10. The van der Waals surface area contributed by atoms with E-state index in [1.54, 1.807) is 19.4 Å². The Hall–Kier alpha value is -2.34. The van der Waals surface area contributed by atoms with Gasteiger partial charge in [-0.2, -0.15) is 0 Å². The number of piperazine rings is 1. The molecule has 24 heavy (non-hydrogen) atoms. The molecule has 1 amide bonds. The number of nitrogens with zero attached hydrogens (tertiary/aromatic N) is 2. The minimum atomic E-state index is -0.423. The number of hydrogen-bond acceptors (Lipinski definition) is 4. The number of ketones is 1. The van der Waals surface area contributed by atoms with Crippen molar-refractivity contribution in [2.24, 2.45) is 0 Å². The molecule has 0 saturated carbocycles. The highest BCUT2D eigenvalue weighted by molar-refractivity contribution is 6.45. The summed E-state index contributed by atoms with van der Waals surface area (Å²) in [7, 11) is 3.67. The maximum absolute atomic E-state index is 12.9. The number of likely N-dealkylation sites (N-methyl/N-ethyl adjacent to an activating group) is 1. The van der Waals surface area contributed by atoms with Crippen LogP contribution in [-0.4, -0.2) is 65.8 Å². The van der Waals surface area contributed by atoms with E-state index in [1.807, 2.05) is 17.0 Å². The lowest BCUT2D eigenvalue weighted by molar-refractivity contribution is -0.131. The highest BCUT2D eigenvalue weighted by Crippen LogP contribution is 2.31. The first-order chi connectivity index (χ1) is 11.6. The number of rotatable bonds is 3. The van der Waals surface area contributed by atoms with Crippen molar-refractivity contribution in [1.29, 1.82) is 0 Å². The lowest BCUT2D eigenvalue weighted by Crippen LogP contribution is -2.56. The molecule has 1 aromatic carbocycles. The summed E-state index contributed by atoms with van der Waals surface area (Å²) in [6.07, 6.45) is 3.60. The number of H-pyrrole nitrogens is 1. The topological polar surface area (TPSA) is 65.6 Å². The first kappa shape index (κ1) is 15.2. The summed E-state index contributed by atoms with van der Waals surface area (Å²) in [6.45, 7) is 1.70. The van der Waals surface area contributed by atoms with E-state index in [0.29, 0.717) is 11.3 Å². The van der Waals surface area contributed by atoms with Crippen LogP contribution in [0.3, 0.4) is 0 Å². The average Bonchev–Trinajstić information content (AvgIpc) is 3.12. The van der Waals surface area contributed by atoms with Gasteiger partial charge in [0.2, 0.25) is 0 Å². The fourth-order valence-electron chi connectivity index (χ4n) is 4.10. The lowest BCUT2D eigenvalue weighted by Gasteiger charge is -2.39. The number of nitrogens with one attached hydrogen (secondary N) is 1. The number of hydrogen-bond donors (Lipinski definition) is 1. The van der Waals surface area contributed by atoms with Gasteiger partial charge in [0.15, 0.2) is 0 Å². The quantitative estimate of drug-likeness (QED) is 0.688. The van der Waals surface area contributed by atoms with Crippen molar-refractivity contribution in [2.45, 2.75) is 24.9 Å². The van der Waals surface area contributed by atoms with E-state index in [2.05, 4.69) is 16.9 Å². The second-order valence-corrected chi connectivity index (χ2v) is 6.76. The number of methoxy groups -OCH3 is 1. The summed E-state index contributed by atoms with van der Waals surface area (Å²) in [5.41, 5.74) is 1.24. The molecule has 4 rings (SSSR count). The van der Waals surface area contributed by atoms with Crippen molar-refractivity contribution in [1.82, 2.24) is 14.8 Å². The Balaban J connectivity index is 1.63. The van der Waals surface area contributed by atoms with E-state index in [0.717, 1.165) is 36.8 Å². The number of aromatic nitrogens is 1. The maximum Gasteiger partial charge on any atom is 0.295 e. The molecule has 6 heteroatoms. The van der Waals surface area contributed by atoms with Gasteiger partial charge in [-0.05, 0) is 32.0 Å². The van der Waals surface area contributed by atoms with Crippen molar-refractivity contribution in [3.05, 3.63) is 30.0 Å². The molecule has 1 N–H and O–H groups in total. The van der Waals surface area contributed by atoms with Crippen LogP contribution in [0.25, 0.3) is 10.9 Å². The van der Waals surface area contributed by atoms with Crippen LogP contribution in [0.1, 0.15) is 23.2 Å². The van der Waals surface area contributed by atoms with Gasteiger partial charge in [0.05, 0.1) is 12.7 Å². The Bertz CT molecular complexity index is 799. The molecule has 0 spiro atoms. The second kappa shape index (κ2) is 5.63. The third-order valence-electron chi connectivity index (χ3n) is 5.23. The van der Waals surface area contributed by atoms with Gasteiger partial charge in [-0.25, -0.2) is 0 Å². The Morgan fingerprint density at radius 1 is 1.21 bits per heavy atom. The first-order valence-electron chi connectivity index (χ1n) is 8.29. The van der Waals surface area contributed by atoms with E-state index in [-0.39, 0.29) is 18.0 Å². The number of fused-ring (bicyclic) bond motifs is 3. The smallest absolute Gasteiger partial charge is 0.295 e. The van der Waals surface area contributed by atoms with Crippen LogP contribution in [0.2, 0.25) is 0 Å². The van der Waals surface area contributed by atoms with Gasteiger partial charge >= 0.3 is 0 Å². The number of carbonyl (C=O) groups is 2. The van der Waals surface area contributed by atoms with E-state index in [1.165, 1.54) is 0 Å². The molecule has 2 atom stereocenters. The van der Waals surface area contributed by atoms with Crippen molar-refractivity contribution < 1.29 is 14.3 Å². The predicted molar refractivity (Wildman–Crippen MR) is 90.3 cm³/mol. The number of ether oxygens (including phenoxy) is 1. The maximum atomic E-state index is 12.9. The van der Waals surface area contributed by atoms with Crippen molar-refractivity contribution in [2.75, 3.05) is 27.2 Å². The number of benzene rings is 1. The molecule has 3 heterocycles. The zero-order valence-electron chi connectivity index (χ0n) is 13.9. The molecule has 2 aromatic rings. The summed E-state index contributed by atoms with van der Waals surface area (Å²) >= 11 is 0. The first-order valence-corrected chi connectivity index (χ1v) is 8.29. The Morgan fingerprint density at radius 3 is 2.58 bits per heavy atom. The van der Waals surface area contributed by atoms with Crippen LogP contribution < -0.4 is 4.74 Å². The number of likely N-dealkylation sites (tertiary alicyclic amines) is 1. The molecule has 2 unspecified atom stereocenters. The zero-order valence-corrected chi connectivity index (χ0v) is 13.9. The molecule has 2 bridgehead atoms. The lowest BCUT2D eigenvalue weighted by atomic mass is 10.1. The monoisotopic (exact) mass is 327 g/mol. The molecule has 0 radical (unpaired) electrons. The Morgan fingerprint density at radius 2 is 1.92 bits per heavy atom. The van der Waals surface area contributed by atoms with Gasteiger partial charge in [-0.15, -0.1) is 0 Å². The molecule has 2 saturated heterocycles. The zero-order chi connectivity index (χ0) is 16.8. The van der Waals surface area contributed by atoms with Crippen LogP contribution in [0, 0.1) is 0 Å². The minimum Gasteiger partial charge on any atom is -0.497 e. The van der Waals surface area contributed by atoms with Gasteiger partial charge in [0.25, 0.3) is 11.7 Å². The second-order valence-electron chi connectivity index (χ2n) is 6.76. The van der Waals surface area contributed by atoms with Crippen LogP contribution in [0.4, 0.5) is 0 Å². The van der Waals surface area contributed by atoms with Gasteiger partial charge in [-0.1, -0.05) is 0 Å². The van der Waals surface area contributed by atoms with Crippen LogP contribution in [0.15, 0.2) is 24.4 Å². The van der Waals surface area contributed by atoms with Crippen molar-refractivity contribution >= 4 is 22.6 Å². The van der Waals surface area contributed by atoms with Gasteiger partial charge in [0.1, 0.15) is 5.75 Å². The van der Waals surface area contributed by atoms with E-state index in [4.69, 9.17) is 4.74 Å². The largest absolute Gasteiger partial charge is 0.497 e. The standard InChI is InChI=1S/C18H21N3O3/c1-20-9-11-3-4-12(10-20)21(11)18(23)17(22)15-8-19-16-7-13(24-2)5-6-14(15)16/h5-8,11-12,19H,3-4,9-10H2,1-2H3. The van der Waals surface area contributed by atoms with Crippen LogP contribution >= 0.6 is 0 Å². The molecule has 0 aliphatic carbocycles.